The van der Waals surface area contributed by atoms with Crippen LogP contribution in [0.2, 0.25) is 0 Å². The van der Waals surface area contributed by atoms with E-state index >= 15 is 0 Å². The molecule has 1 amide bonds. The second-order valence-corrected chi connectivity index (χ2v) is 6.53. The number of ether oxygens (including phenoxy) is 1. The zero-order valence-corrected chi connectivity index (χ0v) is 15.7. The Morgan fingerprint density at radius 3 is 1.71 bits per heavy atom. The quantitative estimate of drug-likeness (QED) is 0.642. The first-order valence-corrected chi connectivity index (χ1v) is 9.21. The summed E-state index contributed by atoms with van der Waals surface area (Å²) in [6.07, 6.45) is 0.371. The fourth-order valence-electron chi connectivity index (χ4n) is 3.23. The molecular weight excluding hydrogens is 350 g/mol. The van der Waals surface area contributed by atoms with Crippen molar-refractivity contribution in [1.29, 1.82) is 0 Å². The van der Waals surface area contributed by atoms with Crippen LogP contribution in [0.3, 0.4) is 0 Å². The van der Waals surface area contributed by atoms with Gasteiger partial charge in [0.1, 0.15) is 6.04 Å². The van der Waals surface area contributed by atoms with Crippen molar-refractivity contribution in [2.45, 2.75) is 18.4 Å². The van der Waals surface area contributed by atoms with E-state index in [-0.39, 0.29) is 5.91 Å². The van der Waals surface area contributed by atoms with E-state index in [0.29, 0.717) is 6.42 Å². The molecule has 0 fully saturated rings. The predicted octanol–water partition coefficient (Wildman–Crippen LogP) is 3.72. The minimum atomic E-state index is -0.755. The molecule has 0 spiro atoms. The van der Waals surface area contributed by atoms with Crippen LogP contribution in [0.4, 0.5) is 0 Å². The van der Waals surface area contributed by atoms with E-state index in [9.17, 15) is 9.59 Å². The van der Waals surface area contributed by atoms with Crippen molar-refractivity contribution < 1.29 is 14.3 Å². The van der Waals surface area contributed by atoms with Gasteiger partial charge in [-0.3, -0.25) is 4.79 Å². The van der Waals surface area contributed by atoms with E-state index in [1.165, 1.54) is 7.11 Å². The normalized spacial score (nSPS) is 11.6. The van der Waals surface area contributed by atoms with Gasteiger partial charge in [-0.25, -0.2) is 4.79 Å². The molecule has 28 heavy (non-hydrogen) atoms. The lowest BCUT2D eigenvalue weighted by atomic mass is 9.90. The van der Waals surface area contributed by atoms with Crippen LogP contribution in [-0.2, 0) is 20.7 Å². The van der Waals surface area contributed by atoms with Gasteiger partial charge in [0, 0.05) is 6.42 Å². The van der Waals surface area contributed by atoms with Crippen molar-refractivity contribution in [3.8, 4) is 0 Å². The third-order valence-corrected chi connectivity index (χ3v) is 4.61. The van der Waals surface area contributed by atoms with Gasteiger partial charge in [-0.15, -0.1) is 0 Å². The van der Waals surface area contributed by atoms with Crippen LogP contribution in [0.15, 0.2) is 91.0 Å². The van der Waals surface area contributed by atoms with Crippen molar-refractivity contribution >= 4 is 11.9 Å². The largest absolute Gasteiger partial charge is 0.467 e. The second kappa shape index (κ2) is 9.51. The highest BCUT2D eigenvalue weighted by atomic mass is 16.5. The number of carbonyl (C=O) groups is 2. The van der Waals surface area contributed by atoms with E-state index in [1.54, 1.807) is 0 Å². The lowest BCUT2D eigenvalue weighted by molar-refractivity contribution is -0.145. The monoisotopic (exact) mass is 373 g/mol. The first kappa shape index (κ1) is 19.4. The molecule has 0 heterocycles. The summed E-state index contributed by atoms with van der Waals surface area (Å²) >= 11 is 0. The van der Waals surface area contributed by atoms with Crippen LogP contribution in [0.5, 0.6) is 0 Å². The molecular formula is C24H23NO3. The maximum Gasteiger partial charge on any atom is 0.328 e. The summed E-state index contributed by atoms with van der Waals surface area (Å²) < 4.78 is 4.92. The molecule has 4 nitrogen and oxygen atoms in total. The van der Waals surface area contributed by atoms with Gasteiger partial charge < -0.3 is 10.1 Å². The highest BCUT2D eigenvalue weighted by molar-refractivity contribution is 5.91. The number of amides is 1. The van der Waals surface area contributed by atoms with Gasteiger partial charge in [-0.1, -0.05) is 91.0 Å². The molecule has 0 aliphatic rings. The molecule has 0 bridgehead atoms. The molecule has 4 heteroatoms. The number of carbonyl (C=O) groups excluding carboxylic acids is 2. The zero-order chi connectivity index (χ0) is 19.8. The van der Waals surface area contributed by atoms with Gasteiger partial charge in [0.05, 0.1) is 13.0 Å². The molecule has 0 saturated carbocycles. The average Bonchev–Trinajstić information content (AvgIpc) is 2.75. The zero-order valence-electron chi connectivity index (χ0n) is 15.7. The van der Waals surface area contributed by atoms with Crippen molar-refractivity contribution in [1.82, 2.24) is 5.32 Å². The average molecular weight is 373 g/mol. The highest BCUT2D eigenvalue weighted by Crippen LogP contribution is 2.25. The molecule has 3 aromatic carbocycles. The fourth-order valence-corrected chi connectivity index (χ4v) is 3.23. The van der Waals surface area contributed by atoms with E-state index < -0.39 is 17.9 Å². The number of benzene rings is 3. The Labute approximate surface area is 165 Å². The molecule has 142 valence electrons. The SMILES string of the molecule is COC(=O)[C@H](Cc1ccccc1)NC(=O)C(c1ccccc1)c1ccccc1. The van der Waals surface area contributed by atoms with Gasteiger partial charge in [-0.05, 0) is 16.7 Å². The van der Waals surface area contributed by atoms with Crippen LogP contribution in [0, 0.1) is 0 Å². The Morgan fingerprint density at radius 1 is 0.786 bits per heavy atom. The Kier molecular flexibility index (Phi) is 6.58. The molecule has 0 unspecified atom stereocenters. The first-order chi connectivity index (χ1) is 13.7. The minimum Gasteiger partial charge on any atom is -0.467 e. The van der Waals surface area contributed by atoms with Gasteiger partial charge in [0.25, 0.3) is 0 Å². The summed E-state index contributed by atoms with van der Waals surface area (Å²) in [4.78, 5) is 25.6. The number of methoxy groups -OCH3 is 1. The van der Waals surface area contributed by atoms with E-state index in [0.717, 1.165) is 16.7 Å². The maximum absolute atomic E-state index is 13.2. The fraction of sp³-hybridized carbons (Fsp3) is 0.167. The van der Waals surface area contributed by atoms with Gasteiger partial charge in [-0.2, -0.15) is 0 Å². The van der Waals surface area contributed by atoms with Gasteiger partial charge in [0.2, 0.25) is 5.91 Å². The van der Waals surface area contributed by atoms with Gasteiger partial charge >= 0.3 is 5.97 Å². The summed E-state index contributed by atoms with van der Waals surface area (Å²) in [5.41, 5.74) is 2.69. The van der Waals surface area contributed by atoms with E-state index in [1.807, 2.05) is 91.0 Å². The van der Waals surface area contributed by atoms with E-state index in [4.69, 9.17) is 4.74 Å². The molecule has 0 aliphatic carbocycles. The molecule has 0 aliphatic heterocycles. The van der Waals surface area contributed by atoms with Gasteiger partial charge in [0.15, 0.2) is 0 Å². The topological polar surface area (TPSA) is 55.4 Å². The standard InChI is InChI=1S/C24H23NO3/c1-28-24(27)21(17-18-11-5-2-6-12-18)25-23(26)22(19-13-7-3-8-14-19)20-15-9-4-10-16-20/h2-16,21-22H,17H2,1H3,(H,25,26)/t21-/m0/s1. The Bertz CT molecular complexity index is 855. The predicted molar refractivity (Wildman–Crippen MR) is 109 cm³/mol. The van der Waals surface area contributed by atoms with Crippen molar-refractivity contribution in [3.05, 3.63) is 108 Å². The Hall–Kier alpha value is -3.40. The van der Waals surface area contributed by atoms with Crippen LogP contribution in [0.25, 0.3) is 0 Å². The molecule has 3 aromatic rings. The van der Waals surface area contributed by atoms with Crippen molar-refractivity contribution in [2.75, 3.05) is 7.11 Å². The summed E-state index contributed by atoms with van der Waals surface area (Å²) in [6, 6.07) is 27.9. The summed E-state index contributed by atoms with van der Waals surface area (Å²) in [6.45, 7) is 0. The Morgan fingerprint density at radius 2 is 1.25 bits per heavy atom. The second-order valence-electron chi connectivity index (χ2n) is 6.53. The number of rotatable bonds is 7. The number of esters is 1. The number of hydrogen-bond donors (Lipinski definition) is 1. The van der Waals surface area contributed by atoms with Crippen LogP contribution < -0.4 is 5.32 Å². The molecule has 0 aromatic heterocycles. The number of hydrogen-bond acceptors (Lipinski definition) is 3. The van der Waals surface area contributed by atoms with E-state index in [2.05, 4.69) is 5.32 Å². The maximum atomic E-state index is 13.2. The summed E-state index contributed by atoms with van der Waals surface area (Å²) in [5.74, 6) is -1.20. The van der Waals surface area contributed by atoms with Crippen molar-refractivity contribution in [2.24, 2.45) is 0 Å². The molecule has 1 N–H and O–H groups in total. The van der Waals surface area contributed by atoms with Crippen LogP contribution >= 0.6 is 0 Å². The summed E-state index contributed by atoms with van der Waals surface area (Å²) in [5, 5.41) is 2.90. The lowest BCUT2D eigenvalue weighted by Gasteiger charge is -2.22. The molecule has 0 radical (unpaired) electrons. The minimum absolute atomic E-state index is 0.233. The third kappa shape index (κ3) is 4.86. The Balaban J connectivity index is 1.87. The highest BCUT2D eigenvalue weighted by Gasteiger charge is 2.28. The smallest absolute Gasteiger partial charge is 0.328 e. The lowest BCUT2D eigenvalue weighted by Crippen LogP contribution is -2.45. The third-order valence-electron chi connectivity index (χ3n) is 4.61. The van der Waals surface area contributed by atoms with Crippen molar-refractivity contribution in [3.63, 3.8) is 0 Å². The first-order valence-electron chi connectivity index (χ1n) is 9.21. The molecule has 1 atom stereocenters. The molecule has 3 rings (SSSR count). The molecule has 0 saturated heterocycles. The number of nitrogens with one attached hydrogen (secondary N) is 1. The van der Waals surface area contributed by atoms with Crippen LogP contribution in [0.1, 0.15) is 22.6 Å². The summed E-state index contributed by atoms with van der Waals surface area (Å²) in [7, 11) is 1.33. The van der Waals surface area contributed by atoms with Crippen LogP contribution in [-0.4, -0.2) is 25.0 Å².